The van der Waals surface area contributed by atoms with Gasteiger partial charge in [0.25, 0.3) is 0 Å². The number of hydrogen-bond acceptors (Lipinski definition) is 1. The standard InChI is InChI=1S/C21H30O/c1-13(2)16-17(14(3)4)19(21(5,6)7)18(16)20(22)15-11-9-8-10-12-15/h8-14,18-19H,1-7H3. The Balaban J connectivity index is 2.50. The third-order valence-corrected chi connectivity index (χ3v) is 4.85. The fraction of sp³-hybridized carbons (Fsp3) is 0.571. The average molecular weight is 298 g/mol. The molecule has 0 N–H and O–H groups in total. The molecule has 0 bridgehead atoms. The van der Waals surface area contributed by atoms with Crippen LogP contribution in [0.25, 0.3) is 0 Å². The summed E-state index contributed by atoms with van der Waals surface area (Å²) in [6.45, 7) is 15.8. The molecule has 0 fully saturated rings. The minimum Gasteiger partial charge on any atom is -0.293 e. The molecule has 0 aliphatic heterocycles. The molecule has 0 radical (unpaired) electrons. The average Bonchev–Trinajstić information content (AvgIpc) is 2.35. The van der Waals surface area contributed by atoms with Crippen molar-refractivity contribution in [2.24, 2.45) is 29.1 Å². The van der Waals surface area contributed by atoms with E-state index >= 15 is 0 Å². The Morgan fingerprint density at radius 3 is 1.82 bits per heavy atom. The van der Waals surface area contributed by atoms with Gasteiger partial charge in [-0.15, -0.1) is 0 Å². The number of carbonyl (C=O) groups is 1. The van der Waals surface area contributed by atoms with E-state index in [1.165, 1.54) is 11.1 Å². The molecule has 0 amide bonds. The van der Waals surface area contributed by atoms with E-state index in [0.717, 1.165) is 5.56 Å². The van der Waals surface area contributed by atoms with E-state index in [4.69, 9.17) is 0 Å². The second-order valence-electron chi connectivity index (χ2n) is 8.27. The maximum Gasteiger partial charge on any atom is 0.170 e. The molecule has 0 saturated heterocycles. The lowest BCUT2D eigenvalue weighted by Crippen LogP contribution is -2.47. The van der Waals surface area contributed by atoms with Gasteiger partial charge in [0.2, 0.25) is 0 Å². The second kappa shape index (κ2) is 6.02. The third kappa shape index (κ3) is 2.91. The van der Waals surface area contributed by atoms with Gasteiger partial charge in [0.05, 0.1) is 5.92 Å². The van der Waals surface area contributed by atoms with Gasteiger partial charge in [0, 0.05) is 5.56 Å². The number of carbonyl (C=O) groups excluding carboxylic acids is 1. The molecule has 2 rings (SSSR count). The normalized spacial score (nSPS) is 22.2. The van der Waals surface area contributed by atoms with Gasteiger partial charge in [0.1, 0.15) is 0 Å². The molecule has 2 atom stereocenters. The summed E-state index contributed by atoms with van der Waals surface area (Å²) in [4.78, 5) is 13.1. The van der Waals surface area contributed by atoms with Crippen LogP contribution >= 0.6 is 0 Å². The lowest BCUT2D eigenvalue weighted by Gasteiger charge is -2.51. The quantitative estimate of drug-likeness (QED) is 0.509. The zero-order valence-electron chi connectivity index (χ0n) is 15.1. The van der Waals surface area contributed by atoms with Crippen molar-refractivity contribution in [3.05, 3.63) is 47.0 Å². The predicted molar refractivity (Wildman–Crippen MR) is 93.9 cm³/mol. The first-order chi connectivity index (χ1) is 10.2. The van der Waals surface area contributed by atoms with Gasteiger partial charge in [0.15, 0.2) is 5.78 Å². The Bertz CT molecular complexity index is 570. The lowest BCUT2D eigenvalue weighted by atomic mass is 9.52. The van der Waals surface area contributed by atoms with Gasteiger partial charge in [-0.05, 0) is 23.2 Å². The van der Waals surface area contributed by atoms with Crippen LogP contribution in [-0.2, 0) is 0 Å². The molecule has 2 unspecified atom stereocenters. The molecule has 0 heterocycles. The molecule has 1 nitrogen and oxygen atoms in total. The summed E-state index contributed by atoms with van der Waals surface area (Å²) < 4.78 is 0. The maximum absolute atomic E-state index is 13.1. The predicted octanol–water partition coefficient (Wildman–Crippen LogP) is 5.77. The molecule has 22 heavy (non-hydrogen) atoms. The number of Topliss-reactive ketones (excluding diaryl/α,β-unsaturated/α-hetero) is 1. The number of rotatable bonds is 4. The Kier molecular flexibility index (Phi) is 4.65. The van der Waals surface area contributed by atoms with Gasteiger partial charge in [-0.25, -0.2) is 0 Å². The molecule has 1 aromatic rings. The van der Waals surface area contributed by atoms with Crippen molar-refractivity contribution in [1.82, 2.24) is 0 Å². The lowest BCUT2D eigenvalue weighted by molar-refractivity contribution is 0.0762. The molecule has 1 aromatic carbocycles. The highest BCUT2D eigenvalue weighted by Crippen LogP contribution is 2.56. The van der Waals surface area contributed by atoms with Crippen molar-refractivity contribution < 1.29 is 4.79 Å². The van der Waals surface area contributed by atoms with Crippen molar-refractivity contribution in [1.29, 1.82) is 0 Å². The number of hydrogen-bond donors (Lipinski definition) is 0. The number of ketones is 1. The van der Waals surface area contributed by atoms with E-state index < -0.39 is 0 Å². The molecule has 0 aromatic heterocycles. The first-order valence-electron chi connectivity index (χ1n) is 8.49. The summed E-state index contributed by atoms with van der Waals surface area (Å²) in [5, 5.41) is 0. The highest BCUT2D eigenvalue weighted by molar-refractivity contribution is 6.01. The Morgan fingerprint density at radius 2 is 1.41 bits per heavy atom. The van der Waals surface area contributed by atoms with Crippen LogP contribution in [0.2, 0.25) is 0 Å². The van der Waals surface area contributed by atoms with Crippen molar-refractivity contribution >= 4 is 5.78 Å². The Morgan fingerprint density at radius 1 is 0.909 bits per heavy atom. The van der Waals surface area contributed by atoms with Crippen LogP contribution in [0.3, 0.4) is 0 Å². The van der Waals surface area contributed by atoms with Crippen LogP contribution < -0.4 is 0 Å². The van der Waals surface area contributed by atoms with E-state index in [1.54, 1.807) is 0 Å². The van der Waals surface area contributed by atoms with Crippen molar-refractivity contribution in [2.75, 3.05) is 0 Å². The number of allylic oxidation sites excluding steroid dienone is 2. The Labute approximate surface area is 135 Å². The fourth-order valence-corrected chi connectivity index (χ4v) is 4.05. The minimum absolute atomic E-state index is 0.0554. The smallest absolute Gasteiger partial charge is 0.170 e. The summed E-state index contributed by atoms with van der Waals surface area (Å²) >= 11 is 0. The van der Waals surface area contributed by atoms with Gasteiger partial charge >= 0.3 is 0 Å². The molecular formula is C21H30O. The highest BCUT2D eigenvalue weighted by atomic mass is 16.1. The Hall–Kier alpha value is -1.37. The molecule has 1 aliphatic carbocycles. The molecular weight excluding hydrogens is 268 g/mol. The van der Waals surface area contributed by atoms with E-state index in [0.29, 0.717) is 23.5 Å². The molecule has 1 heteroatoms. The first kappa shape index (κ1) is 17.0. The summed E-state index contributed by atoms with van der Waals surface area (Å²) in [5.41, 5.74) is 3.89. The third-order valence-electron chi connectivity index (χ3n) is 4.85. The highest BCUT2D eigenvalue weighted by Gasteiger charge is 2.50. The van der Waals surface area contributed by atoms with Crippen molar-refractivity contribution in [2.45, 2.75) is 48.5 Å². The minimum atomic E-state index is 0.0554. The largest absolute Gasteiger partial charge is 0.293 e. The van der Waals surface area contributed by atoms with Gasteiger partial charge in [-0.3, -0.25) is 4.79 Å². The van der Waals surface area contributed by atoms with Gasteiger partial charge in [-0.2, -0.15) is 0 Å². The first-order valence-corrected chi connectivity index (χ1v) is 8.49. The van der Waals surface area contributed by atoms with Crippen molar-refractivity contribution in [3.63, 3.8) is 0 Å². The summed E-state index contributed by atoms with van der Waals surface area (Å²) in [6.07, 6.45) is 0. The summed E-state index contributed by atoms with van der Waals surface area (Å²) in [6, 6.07) is 9.79. The van der Waals surface area contributed by atoms with Crippen LogP contribution in [0.4, 0.5) is 0 Å². The fourth-order valence-electron chi connectivity index (χ4n) is 4.05. The van der Waals surface area contributed by atoms with Crippen LogP contribution in [0.15, 0.2) is 41.5 Å². The van der Waals surface area contributed by atoms with E-state index in [2.05, 4.69) is 48.5 Å². The number of benzene rings is 1. The van der Waals surface area contributed by atoms with Crippen LogP contribution in [0.5, 0.6) is 0 Å². The molecule has 120 valence electrons. The van der Waals surface area contributed by atoms with E-state index in [9.17, 15) is 4.79 Å². The van der Waals surface area contributed by atoms with Crippen LogP contribution in [0, 0.1) is 29.1 Å². The zero-order valence-corrected chi connectivity index (χ0v) is 15.1. The van der Waals surface area contributed by atoms with Crippen LogP contribution in [-0.4, -0.2) is 5.78 Å². The second-order valence-corrected chi connectivity index (χ2v) is 8.27. The monoisotopic (exact) mass is 298 g/mol. The van der Waals surface area contributed by atoms with Crippen LogP contribution in [0.1, 0.15) is 58.8 Å². The summed E-state index contributed by atoms with van der Waals surface area (Å²) in [5.74, 6) is 1.67. The molecule has 1 aliphatic rings. The maximum atomic E-state index is 13.1. The van der Waals surface area contributed by atoms with Gasteiger partial charge in [-0.1, -0.05) is 89.9 Å². The SMILES string of the molecule is CC(C)C1=C(C(C)C)C(C(C)(C)C)C1C(=O)c1ccccc1. The van der Waals surface area contributed by atoms with E-state index in [-0.39, 0.29) is 11.3 Å². The topological polar surface area (TPSA) is 17.1 Å². The van der Waals surface area contributed by atoms with Gasteiger partial charge < -0.3 is 0 Å². The van der Waals surface area contributed by atoms with E-state index in [1.807, 2.05) is 30.3 Å². The molecule has 0 spiro atoms. The van der Waals surface area contributed by atoms with Crippen molar-refractivity contribution in [3.8, 4) is 0 Å². The zero-order chi connectivity index (χ0) is 16.7. The molecule has 0 saturated carbocycles. The summed E-state index contributed by atoms with van der Waals surface area (Å²) in [7, 11) is 0.